The van der Waals surface area contributed by atoms with E-state index in [1.165, 1.54) is 6.08 Å². The van der Waals surface area contributed by atoms with Crippen LogP contribution >= 0.6 is 0 Å². The smallest absolute Gasteiger partial charge is 0.328 e. The minimum absolute atomic E-state index is 0.0238. The van der Waals surface area contributed by atoms with Crippen molar-refractivity contribution in [1.82, 2.24) is 4.31 Å². The lowest BCUT2D eigenvalue weighted by atomic mass is 9.99. The topological polar surface area (TPSA) is 74.7 Å². The standard InChI is InChI=1S/C11H17NO4S/c1-2-17(15,16)12-9-3-4-10(12)6-8(5-9)7-11(13)14/h7,9-10H,2-6H2,1H3,(H,13,14). The normalized spacial score (nSPS) is 29.4. The van der Waals surface area contributed by atoms with Gasteiger partial charge in [-0.2, -0.15) is 4.31 Å². The molecule has 1 N–H and O–H groups in total. The summed E-state index contributed by atoms with van der Waals surface area (Å²) in [6, 6.07) is -0.0476. The van der Waals surface area contributed by atoms with Crippen molar-refractivity contribution in [3.63, 3.8) is 0 Å². The summed E-state index contributed by atoms with van der Waals surface area (Å²) >= 11 is 0. The molecule has 0 aromatic heterocycles. The number of hydrogen-bond acceptors (Lipinski definition) is 3. The van der Waals surface area contributed by atoms with Crippen molar-refractivity contribution in [3.8, 4) is 0 Å². The van der Waals surface area contributed by atoms with Crippen molar-refractivity contribution in [3.05, 3.63) is 11.6 Å². The Morgan fingerprint density at radius 1 is 1.41 bits per heavy atom. The van der Waals surface area contributed by atoms with Gasteiger partial charge in [0.2, 0.25) is 10.0 Å². The first-order chi connectivity index (χ1) is 7.94. The Hall–Kier alpha value is -0.880. The molecule has 0 spiro atoms. The van der Waals surface area contributed by atoms with E-state index in [-0.39, 0.29) is 17.8 Å². The van der Waals surface area contributed by atoms with Gasteiger partial charge in [0.15, 0.2) is 0 Å². The summed E-state index contributed by atoms with van der Waals surface area (Å²) < 4.78 is 25.5. The summed E-state index contributed by atoms with van der Waals surface area (Å²) in [6.07, 6.45) is 4.08. The monoisotopic (exact) mass is 259 g/mol. The fourth-order valence-corrected chi connectivity index (χ4v) is 4.47. The molecule has 2 unspecified atom stereocenters. The van der Waals surface area contributed by atoms with Gasteiger partial charge in [-0.3, -0.25) is 0 Å². The molecule has 96 valence electrons. The van der Waals surface area contributed by atoms with Gasteiger partial charge in [-0.25, -0.2) is 13.2 Å². The fraction of sp³-hybridized carbons (Fsp3) is 0.727. The van der Waals surface area contributed by atoms with E-state index in [4.69, 9.17) is 5.11 Å². The molecule has 17 heavy (non-hydrogen) atoms. The summed E-state index contributed by atoms with van der Waals surface area (Å²) in [6.45, 7) is 1.65. The number of hydrogen-bond donors (Lipinski definition) is 1. The molecule has 2 heterocycles. The van der Waals surface area contributed by atoms with Crippen LogP contribution in [0.5, 0.6) is 0 Å². The maximum atomic E-state index is 11.9. The van der Waals surface area contributed by atoms with E-state index in [0.717, 1.165) is 18.4 Å². The lowest BCUT2D eigenvalue weighted by molar-refractivity contribution is -0.131. The second kappa shape index (κ2) is 4.42. The summed E-state index contributed by atoms with van der Waals surface area (Å²) in [5.41, 5.74) is 0.868. The maximum absolute atomic E-state index is 11.9. The van der Waals surface area contributed by atoms with Crippen molar-refractivity contribution in [2.24, 2.45) is 0 Å². The zero-order valence-corrected chi connectivity index (χ0v) is 10.6. The highest BCUT2D eigenvalue weighted by Crippen LogP contribution is 2.40. The summed E-state index contributed by atoms with van der Waals surface area (Å²) in [5, 5.41) is 8.72. The number of rotatable bonds is 3. The van der Waals surface area contributed by atoms with E-state index in [1.54, 1.807) is 11.2 Å². The van der Waals surface area contributed by atoms with E-state index in [1.807, 2.05) is 0 Å². The van der Waals surface area contributed by atoms with Crippen LogP contribution in [0.2, 0.25) is 0 Å². The van der Waals surface area contributed by atoms with E-state index < -0.39 is 16.0 Å². The average molecular weight is 259 g/mol. The largest absolute Gasteiger partial charge is 0.478 e. The van der Waals surface area contributed by atoms with E-state index >= 15 is 0 Å². The van der Waals surface area contributed by atoms with Gasteiger partial charge in [0, 0.05) is 18.2 Å². The van der Waals surface area contributed by atoms with Crippen LogP contribution in [0, 0.1) is 0 Å². The van der Waals surface area contributed by atoms with Crippen LogP contribution in [0.3, 0.4) is 0 Å². The van der Waals surface area contributed by atoms with E-state index in [0.29, 0.717) is 12.8 Å². The summed E-state index contributed by atoms with van der Waals surface area (Å²) in [7, 11) is -3.15. The molecule has 2 rings (SSSR count). The van der Waals surface area contributed by atoms with Gasteiger partial charge in [-0.05, 0) is 32.6 Å². The number of fused-ring (bicyclic) bond motifs is 2. The molecular formula is C11H17NO4S. The number of carboxylic acid groups (broad SMARTS) is 1. The predicted octanol–water partition coefficient (Wildman–Crippen LogP) is 0.974. The van der Waals surface area contributed by atoms with Crippen molar-refractivity contribution >= 4 is 16.0 Å². The molecule has 2 atom stereocenters. The first-order valence-electron chi connectivity index (χ1n) is 5.87. The Balaban J connectivity index is 2.22. The number of carboxylic acids is 1. The third-order valence-corrected chi connectivity index (χ3v) is 5.53. The highest BCUT2D eigenvalue weighted by molar-refractivity contribution is 7.89. The average Bonchev–Trinajstić information content (AvgIpc) is 2.51. The zero-order chi connectivity index (χ0) is 12.6. The Morgan fingerprint density at radius 2 is 1.94 bits per heavy atom. The van der Waals surface area contributed by atoms with Crippen LogP contribution in [0.1, 0.15) is 32.6 Å². The Bertz CT molecular complexity index is 438. The molecule has 2 aliphatic heterocycles. The third kappa shape index (κ3) is 2.37. The lowest BCUT2D eigenvalue weighted by Crippen LogP contribution is -2.45. The minimum Gasteiger partial charge on any atom is -0.478 e. The Labute approximate surface area is 101 Å². The molecule has 2 saturated heterocycles. The van der Waals surface area contributed by atoms with Crippen molar-refractivity contribution in [2.45, 2.75) is 44.7 Å². The molecule has 2 bridgehead atoms. The van der Waals surface area contributed by atoms with E-state index in [2.05, 4.69) is 0 Å². The van der Waals surface area contributed by atoms with Gasteiger partial charge in [-0.15, -0.1) is 0 Å². The van der Waals surface area contributed by atoms with Crippen LogP contribution in [0.15, 0.2) is 11.6 Å². The first kappa shape index (κ1) is 12.6. The third-order valence-electron chi connectivity index (χ3n) is 3.56. The highest BCUT2D eigenvalue weighted by Gasteiger charge is 2.44. The number of nitrogens with zero attached hydrogens (tertiary/aromatic N) is 1. The molecule has 0 aliphatic carbocycles. The molecule has 0 amide bonds. The molecule has 0 aromatic rings. The van der Waals surface area contributed by atoms with Crippen molar-refractivity contribution in [2.75, 3.05) is 5.75 Å². The fourth-order valence-electron chi connectivity index (χ4n) is 2.91. The van der Waals surface area contributed by atoms with Gasteiger partial charge >= 0.3 is 5.97 Å². The molecule has 0 saturated carbocycles. The number of carbonyl (C=O) groups is 1. The van der Waals surface area contributed by atoms with Crippen LogP contribution in [-0.2, 0) is 14.8 Å². The number of aliphatic carboxylic acids is 1. The molecule has 0 radical (unpaired) electrons. The van der Waals surface area contributed by atoms with Crippen molar-refractivity contribution in [1.29, 1.82) is 0 Å². The summed E-state index contributed by atoms with van der Waals surface area (Å²) in [4.78, 5) is 10.6. The number of sulfonamides is 1. The molecule has 2 fully saturated rings. The van der Waals surface area contributed by atoms with Crippen LogP contribution in [-0.4, -0.2) is 41.6 Å². The first-order valence-corrected chi connectivity index (χ1v) is 7.48. The zero-order valence-electron chi connectivity index (χ0n) is 9.80. The predicted molar refractivity (Wildman–Crippen MR) is 63.1 cm³/mol. The van der Waals surface area contributed by atoms with Gasteiger partial charge < -0.3 is 5.11 Å². The molecular weight excluding hydrogens is 242 g/mol. The molecule has 6 heteroatoms. The van der Waals surface area contributed by atoms with Crippen LogP contribution < -0.4 is 0 Å². The second-order valence-electron chi connectivity index (χ2n) is 4.66. The van der Waals surface area contributed by atoms with Crippen LogP contribution in [0.4, 0.5) is 0 Å². The van der Waals surface area contributed by atoms with Crippen LogP contribution in [0.25, 0.3) is 0 Å². The van der Waals surface area contributed by atoms with Gasteiger partial charge in [0.05, 0.1) is 5.75 Å². The summed E-state index contributed by atoms with van der Waals surface area (Å²) in [5.74, 6) is -0.816. The lowest BCUT2D eigenvalue weighted by Gasteiger charge is -2.34. The molecule has 2 aliphatic rings. The molecule has 0 aromatic carbocycles. The number of piperidine rings is 1. The van der Waals surface area contributed by atoms with Gasteiger partial charge in [0.25, 0.3) is 0 Å². The highest BCUT2D eigenvalue weighted by atomic mass is 32.2. The Morgan fingerprint density at radius 3 is 2.35 bits per heavy atom. The second-order valence-corrected chi connectivity index (χ2v) is 6.83. The maximum Gasteiger partial charge on any atom is 0.328 e. The van der Waals surface area contributed by atoms with Gasteiger partial charge in [-0.1, -0.05) is 5.57 Å². The van der Waals surface area contributed by atoms with E-state index in [9.17, 15) is 13.2 Å². The Kier molecular flexibility index (Phi) is 3.27. The minimum atomic E-state index is -3.15. The molecule has 5 nitrogen and oxygen atoms in total. The SMILES string of the molecule is CCS(=O)(=O)N1C2CCC1CC(=CC(=O)O)C2. The quantitative estimate of drug-likeness (QED) is 0.766. The van der Waals surface area contributed by atoms with Crippen molar-refractivity contribution < 1.29 is 18.3 Å². The van der Waals surface area contributed by atoms with Gasteiger partial charge in [0.1, 0.15) is 0 Å².